The van der Waals surface area contributed by atoms with Crippen molar-refractivity contribution >= 4 is 5.91 Å². The lowest BCUT2D eigenvalue weighted by Crippen LogP contribution is -2.48. The molecular weight excluding hydrogens is 352 g/mol. The van der Waals surface area contributed by atoms with Crippen LogP contribution in [-0.2, 0) is 11.3 Å². The molecule has 0 aliphatic carbocycles. The summed E-state index contributed by atoms with van der Waals surface area (Å²) >= 11 is 0. The van der Waals surface area contributed by atoms with E-state index >= 15 is 0 Å². The number of likely N-dealkylation sites (tertiary alicyclic amines) is 1. The summed E-state index contributed by atoms with van der Waals surface area (Å²) < 4.78 is 2.23. The molecule has 28 heavy (non-hydrogen) atoms. The van der Waals surface area contributed by atoms with Crippen molar-refractivity contribution in [3.63, 3.8) is 0 Å². The second-order valence-electron chi connectivity index (χ2n) is 8.30. The lowest BCUT2D eigenvalue weighted by molar-refractivity contribution is -0.134. The molecule has 7 heteroatoms. The molecule has 2 N–H and O–H groups in total. The molecule has 150 valence electrons. The fourth-order valence-electron chi connectivity index (χ4n) is 4.26. The summed E-state index contributed by atoms with van der Waals surface area (Å²) in [6.07, 6.45) is 10.4. The second-order valence-corrected chi connectivity index (χ2v) is 8.30. The zero-order valence-corrected chi connectivity index (χ0v) is 16.7. The fourth-order valence-corrected chi connectivity index (χ4v) is 4.26. The average Bonchev–Trinajstić information content (AvgIpc) is 3.38. The predicted octanol–water partition coefficient (Wildman–Crippen LogP) is 1.92. The van der Waals surface area contributed by atoms with Gasteiger partial charge in [0, 0.05) is 56.4 Å². The Kier molecular flexibility index (Phi) is 5.73. The van der Waals surface area contributed by atoms with E-state index in [4.69, 9.17) is 0 Å². The number of nitrogens with zero attached hydrogens (tertiary/aromatic N) is 4. The third-order valence-corrected chi connectivity index (χ3v) is 6.06. The molecule has 4 heterocycles. The van der Waals surface area contributed by atoms with Gasteiger partial charge in [-0.3, -0.25) is 15.2 Å². The molecule has 2 unspecified atom stereocenters. The molecule has 2 aliphatic rings. The molecule has 2 fully saturated rings. The van der Waals surface area contributed by atoms with E-state index in [-0.39, 0.29) is 11.9 Å². The van der Waals surface area contributed by atoms with Gasteiger partial charge in [0.15, 0.2) is 0 Å². The fraction of sp³-hybridized carbons (Fsp3) is 0.571. The average molecular weight is 383 g/mol. The molecule has 2 aliphatic heterocycles. The van der Waals surface area contributed by atoms with Gasteiger partial charge in [-0.25, -0.2) is 10.4 Å². The molecule has 0 bridgehead atoms. The lowest BCUT2D eigenvalue weighted by Gasteiger charge is -2.33. The number of piperidine rings is 1. The summed E-state index contributed by atoms with van der Waals surface area (Å²) in [7, 11) is 0. The first kappa shape index (κ1) is 19.1. The Hall–Kier alpha value is -2.25. The normalized spacial score (nSPS) is 23.5. The minimum absolute atomic E-state index is 0.0994. The summed E-state index contributed by atoms with van der Waals surface area (Å²) in [5.74, 6) is 2.29. The van der Waals surface area contributed by atoms with Crippen LogP contribution in [0.5, 0.6) is 0 Å². The van der Waals surface area contributed by atoms with Gasteiger partial charge in [0.25, 0.3) is 0 Å². The highest BCUT2D eigenvalue weighted by Crippen LogP contribution is 2.28. The van der Waals surface area contributed by atoms with Gasteiger partial charge in [-0.2, -0.15) is 0 Å². The summed E-state index contributed by atoms with van der Waals surface area (Å²) in [6, 6.07) is 4.35. The van der Waals surface area contributed by atoms with E-state index in [0.717, 1.165) is 44.7 Å². The zero-order valence-electron chi connectivity index (χ0n) is 16.7. The standard InChI is InChI=1S/C21H30N6O/c1-15(2)18-13-19(25-24-18)21(28)26-10-5-17(6-11-26)20-23-9-12-27(20)14-16-3-7-22-8-4-16/h3-4,7-9,12,15,17-19,24-25H,5-6,10-11,13-14H2,1-2H3. The number of hydrogen-bond acceptors (Lipinski definition) is 5. The van der Waals surface area contributed by atoms with E-state index in [2.05, 4.69) is 39.2 Å². The van der Waals surface area contributed by atoms with Gasteiger partial charge in [-0.15, -0.1) is 0 Å². The smallest absolute Gasteiger partial charge is 0.241 e. The van der Waals surface area contributed by atoms with Crippen molar-refractivity contribution in [3.8, 4) is 0 Å². The summed E-state index contributed by atoms with van der Waals surface area (Å²) in [6.45, 7) is 6.79. The van der Waals surface area contributed by atoms with Crippen LogP contribution < -0.4 is 10.9 Å². The van der Waals surface area contributed by atoms with E-state index in [1.807, 2.05) is 41.8 Å². The number of carbonyl (C=O) groups is 1. The third-order valence-electron chi connectivity index (χ3n) is 6.06. The van der Waals surface area contributed by atoms with Gasteiger partial charge in [0.05, 0.1) is 0 Å². The van der Waals surface area contributed by atoms with Crippen molar-refractivity contribution in [2.75, 3.05) is 13.1 Å². The second kappa shape index (κ2) is 8.41. The Morgan fingerprint density at radius 3 is 2.61 bits per heavy atom. The number of pyridine rings is 1. The number of amides is 1. The molecule has 2 atom stereocenters. The van der Waals surface area contributed by atoms with Gasteiger partial charge in [0.1, 0.15) is 11.9 Å². The number of rotatable bonds is 5. The van der Waals surface area contributed by atoms with Crippen molar-refractivity contribution < 1.29 is 4.79 Å². The first-order valence-corrected chi connectivity index (χ1v) is 10.3. The lowest BCUT2D eigenvalue weighted by atomic mass is 9.94. The number of aromatic nitrogens is 3. The van der Waals surface area contributed by atoms with Gasteiger partial charge < -0.3 is 9.47 Å². The number of imidazole rings is 1. The minimum Gasteiger partial charge on any atom is -0.341 e. The Balaban J connectivity index is 1.34. The van der Waals surface area contributed by atoms with Crippen molar-refractivity contribution in [2.24, 2.45) is 5.92 Å². The summed E-state index contributed by atoms with van der Waals surface area (Å²) in [4.78, 5) is 23.6. The van der Waals surface area contributed by atoms with Crippen LogP contribution in [0, 0.1) is 5.92 Å². The van der Waals surface area contributed by atoms with Crippen LogP contribution in [-0.4, -0.2) is 50.5 Å². The Morgan fingerprint density at radius 2 is 1.93 bits per heavy atom. The van der Waals surface area contributed by atoms with Crippen molar-refractivity contribution in [3.05, 3.63) is 48.3 Å². The molecule has 0 aromatic carbocycles. The maximum absolute atomic E-state index is 12.9. The summed E-state index contributed by atoms with van der Waals surface area (Å²) in [5, 5.41) is 0. The largest absolute Gasteiger partial charge is 0.341 e. The van der Waals surface area contributed by atoms with E-state index in [0.29, 0.717) is 17.9 Å². The predicted molar refractivity (Wildman–Crippen MR) is 107 cm³/mol. The van der Waals surface area contributed by atoms with Gasteiger partial charge in [0.2, 0.25) is 5.91 Å². The highest BCUT2D eigenvalue weighted by molar-refractivity contribution is 5.82. The first-order chi connectivity index (χ1) is 13.6. The molecule has 2 aromatic heterocycles. The zero-order chi connectivity index (χ0) is 19.5. The Bertz CT molecular complexity index is 781. The van der Waals surface area contributed by atoms with E-state index in [1.165, 1.54) is 5.56 Å². The van der Waals surface area contributed by atoms with Crippen LogP contribution in [0.4, 0.5) is 0 Å². The maximum atomic E-state index is 12.9. The highest BCUT2D eigenvalue weighted by Gasteiger charge is 2.35. The monoisotopic (exact) mass is 382 g/mol. The molecular formula is C21H30N6O. The molecule has 2 aromatic rings. The van der Waals surface area contributed by atoms with E-state index in [9.17, 15) is 4.79 Å². The Labute approximate surface area is 166 Å². The van der Waals surface area contributed by atoms with Crippen molar-refractivity contribution in [2.45, 2.75) is 57.7 Å². The van der Waals surface area contributed by atoms with Gasteiger partial charge in [-0.1, -0.05) is 13.8 Å². The van der Waals surface area contributed by atoms with Gasteiger partial charge >= 0.3 is 0 Å². The van der Waals surface area contributed by atoms with Crippen LogP contribution in [0.3, 0.4) is 0 Å². The quantitative estimate of drug-likeness (QED) is 0.826. The number of carbonyl (C=O) groups excluding carboxylic acids is 1. The molecule has 4 rings (SSSR count). The molecule has 0 saturated carbocycles. The molecule has 0 spiro atoms. The highest BCUT2D eigenvalue weighted by atomic mass is 16.2. The molecule has 0 radical (unpaired) electrons. The van der Waals surface area contributed by atoms with Crippen LogP contribution >= 0.6 is 0 Å². The Morgan fingerprint density at radius 1 is 1.18 bits per heavy atom. The third kappa shape index (κ3) is 4.10. The van der Waals surface area contributed by atoms with Crippen LogP contribution in [0.1, 0.15) is 50.4 Å². The van der Waals surface area contributed by atoms with Gasteiger partial charge in [-0.05, 0) is 42.9 Å². The molecule has 1 amide bonds. The van der Waals surface area contributed by atoms with Crippen molar-refractivity contribution in [1.29, 1.82) is 0 Å². The van der Waals surface area contributed by atoms with E-state index in [1.54, 1.807) is 0 Å². The van der Waals surface area contributed by atoms with Crippen LogP contribution in [0.25, 0.3) is 0 Å². The molecule has 7 nitrogen and oxygen atoms in total. The van der Waals surface area contributed by atoms with Crippen molar-refractivity contribution in [1.82, 2.24) is 30.3 Å². The first-order valence-electron chi connectivity index (χ1n) is 10.3. The molecule has 2 saturated heterocycles. The van der Waals surface area contributed by atoms with Crippen LogP contribution in [0.2, 0.25) is 0 Å². The topological polar surface area (TPSA) is 75.1 Å². The number of hydrazine groups is 1. The summed E-state index contributed by atoms with van der Waals surface area (Å²) in [5.41, 5.74) is 7.69. The minimum atomic E-state index is -0.0994. The van der Waals surface area contributed by atoms with Crippen LogP contribution in [0.15, 0.2) is 36.9 Å². The maximum Gasteiger partial charge on any atom is 0.241 e. The van der Waals surface area contributed by atoms with E-state index < -0.39 is 0 Å². The number of hydrogen-bond donors (Lipinski definition) is 2. The number of nitrogens with one attached hydrogen (secondary N) is 2. The SMILES string of the molecule is CC(C)C1CC(C(=O)N2CCC(c3nccn3Cc3ccncc3)CC2)NN1.